The molecule has 2 rings (SSSR count). The molecule has 4 atom stereocenters. The van der Waals surface area contributed by atoms with E-state index in [1.807, 2.05) is 0 Å². The highest BCUT2D eigenvalue weighted by atomic mass is 16.5. The lowest BCUT2D eigenvalue weighted by atomic mass is 9.66. The van der Waals surface area contributed by atoms with Gasteiger partial charge in [0.1, 0.15) is 0 Å². The highest BCUT2D eigenvalue weighted by Crippen LogP contribution is 2.42. The van der Waals surface area contributed by atoms with Crippen LogP contribution in [0.15, 0.2) is 0 Å². The second-order valence-electron chi connectivity index (χ2n) is 5.00. The molecule has 0 spiro atoms. The normalized spacial score (nSPS) is 46.4. The third-order valence-electron chi connectivity index (χ3n) is 4.20. The molecule has 0 radical (unpaired) electrons. The lowest BCUT2D eigenvalue weighted by molar-refractivity contribution is -0.156. The molecular weight excluding hydrogens is 162 g/mol. The molecule has 1 N–H and O–H groups in total. The number of rotatable bonds is 1. The van der Waals surface area contributed by atoms with E-state index in [2.05, 4.69) is 13.8 Å². The van der Waals surface area contributed by atoms with Crippen LogP contribution in [0.4, 0.5) is 0 Å². The van der Waals surface area contributed by atoms with Crippen LogP contribution < -0.4 is 0 Å². The maximum absolute atomic E-state index is 9.53. The minimum atomic E-state index is 0.752. The number of nitrogens with zero attached hydrogens (tertiary/aromatic N) is 1. The van der Waals surface area contributed by atoms with Gasteiger partial charge in [0.15, 0.2) is 0 Å². The molecule has 2 bridgehead atoms. The van der Waals surface area contributed by atoms with Gasteiger partial charge < -0.3 is 5.21 Å². The molecule has 1 aliphatic carbocycles. The SMILES string of the molecule is CCC1CC2CC(CN(O)C2)C1C. The number of fused-ring (bicyclic) bond motifs is 2. The molecule has 13 heavy (non-hydrogen) atoms. The molecule has 2 heteroatoms. The fourth-order valence-electron chi connectivity index (χ4n) is 3.34. The molecule has 0 aromatic heterocycles. The molecule has 1 saturated heterocycles. The Labute approximate surface area is 80.9 Å². The minimum Gasteiger partial charge on any atom is -0.314 e. The zero-order chi connectivity index (χ0) is 9.42. The van der Waals surface area contributed by atoms with E-state index in [0.29, 0.717) is 0 Å². The van der Waals surface area contributed by atoms with Crippen LogP contribution in [0, 0.1) is 23.7 Å². The monoisotopic (exact) mass is 183 g/mol. The molecule has 76 valence electrons. The average Bonchev–Trinajstić information content (AvgIpc) is 2.10. The number of hydroxylamine groups is 2. The van der Waals surface area contributed by atoms with Crippen molar-refractivity contribution in [3.63, 3.8) is 0 Å². The second kappa shape index (κ2) is 3.58. The molecular formula is C11H21NO. The Morgan fingerprint density at radius 3 is 2.77 bits per heavy atom. The van der Waals surface area contributed by atoms with Crippen molar-refractivity contribution in [2.45, 2.75) is 33.1 Å². The standard InChI is InChI=1S/C11H21NO/c1-3-10-4-9-5-11(8(10)2)7-12(13)6-9/h8-11,13H,3-7H2,1-2H3. The van der Waals surface area contributed by atoms with Crippen LogP contribution in [0.3, 0.4) is 0 Å². The Kier molecular flexibility index (Phi) is 2.61. The van der Waals surface area contributed by atoms with Gasteiger partial charge in [0.25, 0.3) is 0 Å². The van der Waals surface area contributed by atoms with Gasteiger partial charge in [0, 0.05) is 13.1 Å². The van der Waals surface area contributed by atoms with E-state index < -0.39 is 0 Å². The molecule has 1 heterocycles. The molecule has 1 saturated carbocycles. The summed E-state index contributed by atoms with van der Waals surface area (Å²) in [5.74, 6) is 3.25. The van der Waals surface area contributed by atoms with Gasteiger partial charge in [0.05, 0.1) is 0 Å². The summed E-state index contributed by atoms with van der Waals surface area (Å²) < 4.78 is 0. The topological polar surface area (TPSA) is 23.5 Å². The largest absolute Gasteiger partial charge is 0.314 e. The predicted molar refractivity (Wildman–Crippen MR) is 52.5 cm³/mol. The van der Waals surface area contributed by atoms with Gasteiger partial charge >= 0.3 is 0 Å². The fourth-order valence-corrected chi connectivity index (χ4v) is 3.34. The summed E-state index contributed by atoms with van der Waals surface area (Å²) in [7, 11) is 0. The van der Waals surface area contributed by atoms with E-state index in [1.54, 1.807) is 5.06 Å². The molecule has 2 aliphatic rings. The Hall–Kier alpha value is -0.0800. The van der Waals surface area contributed by atoms with E-state index in [9.17, 15) is 5.21 Å². The second-order valence-corrected chi connectivity index (χ2v) is 5.00. The van der Waals surface area contributed by atoms with Gasteiger partial charge in [0.2, 0.25) is 0 Å². The molecule has 1 aliphatic heterocycles. The minimum absolute atomic E-state index is 0.752. The van der Waals surface area contributed by atoms with Crippen molar-refractivity contribution in [1.82, 2.24) is 5.06 Å². The Bertz CT molecular complexity index is 181. The van der Waals surface area contributed by atoms with Gasteiger partial charge in [-0.15, -0.1) is 0 Å². The molecule has 2 nitrogen and oxygen atoms in total. The third kappa shape index (κ3) is 1.75. The van der Waals surface area contributed by atoms with Crippen molar-refractivity contribution >= 4 is 0 Å². The highest BCUT2D eigenvalue weighted by molar-refractivity contribution is 4.88. The van der Waals surface area contributed by atoms with Crippen molar-refractivity contribution < 1.29 is 5.21 Å². The number of hydrogen-bond acceptors (Lipinski definition) is 2. The van der Waals surface area contributed by atoms with Crippen molar-refractivity contribution in [3.8, 4) is 0 Å². The predicted octanol–water partition coefficient (Wildman–Crippen LogP) is 2.38. The van der Waals surface area contributed by atoms with Crippen molar-refractivity contribution in [2.75, 3.05) is 13.1 Å². The van der Waals surface area contributed by atoms with Crippen LogP contribution in [-0.4, -0.2) is 23.4 Å². The molecule has 2 fully saturated rings. The van der Waals surface area contributed by atoms with Gasteiger partial charge in [-0.2, -0.15) is 5.06 Å². The molecule has 0 aromatic carbocycles. The summed E-state index contributed by atoms with van der Waals surface area (Å²) in [5, 5.41) is 11.1. The van der Waals surface area contributed by atoms with Crippen LogP contribution in [0.1, 0.15) is 33.1 Å². The maximum Gasteiger partial charge on any atom is 0.0269 e. The van der Waals surface area contributed by atoms with Gasteiger partial charge in [-0.1, -0.05) is 20.3 Å². The molecule has 0 amide bonds. The lowest BCUT2D eigenvalue weighted by Crippen LogP contribution is -2.46. The number of piperidine rings is 1. The van der Waals surface area contributed by atoms with Crippen molar-refractivity contribution in [3.05, 3.63) is 0 Å². The van der Waals surface area contributed by atoms with E-state index in [0.717, 1.165) is 36.8 Å². The first kappa shape index (κ1) is 9.47. The Morgan fingerprint density at radius 2 is 2.08 bits per heavy atom. The number of hydrogen-bond donors (Lipinski definition) is 1. The summed E-state index contributed by atoms with van der Waals surface area (Å²) in [6, 6.07) is 0. The van der Waals surface area contributed by atoms with Gasteiger partial charge in [-0.05, 0) is 36.5 Å². The average molecular weight is 183 g/mol. The van der Waals surface area contributed by atoms with Crippen molar-refractivity contribution in [2.24, 2.45) is 23.7 Å². The first-order valence-electron chi connectivity index (χ1n) is 5.64. The third-order valence-corrected chi connectivity index (χ3v) is 4.20. The summed E-state index contributed by atoms with van der Waals surface area (Å²) in [6.45, 7) is 6.50. The first-order chi connectivity index (χ1) is 6.20. The smallest absolute Gasteiger partial charge is 0.0269 e. The van der Waals surface area contributed by atoms with E-state index in [4.69, 9.17) is 0 Å². The van der Waals surface area contributed by atoms with Gasteiger partial charge in [-0.25, -0.2) is 0 Å². The quantitative estimate of drug-likeness (QED) is 0.674. The lowest BCUT2D eigenvalue weighted by Gasteiger charge is -2.46. The van der Waals surface area contributed by atoms with Crippen LogP contribution in [0.5, 0.6) is 0 Å². The van der Waals surface area contributed by atoms with Crippen molar-refractivity contribution in [1.29, 1.82) is 0 Å². The zero-order valence-electron chi connectivity index (χ0n) is 8.74. The molecule has 4 unspecified atom stereocenters. The fraction of sp³-hybridized carbons (Fsp3) is 1.00. The zero-order valence-corrected chi connectivity index (χ0v) is 8.74. The summed E-state index contributed by atoms with van der Waals surface area (Å²) in [4.78, 5) is 0. The summed E-state index contributed by atoms with van der Waals surface area (Å²) in [5.41, 5.74) is 0. The van der Waals surface area contributed by atoms with Gasteiger partial charge in [-0.3, -0.25) is 0 Å². The van der Waals surface area contributed by atoms with Crippen LogP contribution >= 0.6 is 0 Å². The van der Waals surface area contributed by atoms with E-state index in [-0.39, 0.29) is 0 Å². The Balaban J connectivity index is 2.05. The summed E-state index contributed by atoms with van der Waals surface area (Å²) >= 11 is 0. The maximum atomic E-state index is 9.53. The van der Waals surface area contributed by atoms with Crippen LogP contribution in [-0.2, 0) is 0 Å². The molecule has 0 aromatic rings. The van der Waals surface area contributed by atoms with E-state index in [1.165, 1.54) is 19.3 Å². The van der Waals surface area contributed by atoms with E-state index >= 15 is 0 Å². The van der Waals surface area contributed by atoms with Crippen LogP contribution in [0.25, 0.3) is 0 Å². The van der Waals surface area contributed by atoms with Crippen LogP contribution in [0.2, 0.25) is 0 Å². The summed E-state index contributed by atoms with van der Waals surface area (Å²) in [6.07, 6.45) is 4.01. The first-order valence-corrected chi connectivity index (χ1v) is 5.64. The Morgan fingerprint density at radius 1 is 1.31 bits per heavy atom. The highest BCUT2D eigenvalue weighted by Gasteiger charge is 2.38.